The van der Waals surface area contributed by atoms with Gasteiger partial charge < -0.3 is 14.7 Å². The van der Waals surface area contributed by atoms with Gasteiger partial charge in [0.1, 0.15) is 11.3 Å². The van der Waals surface area contributed by atoms with Crippen LogP contribution in [0.4, 0.5) is 0 Å². The Labute approximate surface area is 125 Å². The van der Waals surface area contributed by atoms with Crippen LogP contribution in [0.3, 0.4) is 0 Å². The summed E-state index contributed by atoms with van der Waals surface area (Å²) >= 11 is 0. The molecule has 0 saturated carbocycles. The molecule has 0 aromatic heterocycles. The molecule has 0 aliphatic rings. The zero-order valence-electron chi connectivity index (χ0n) is 13.2. The number of nitrogens with zero attached hydrogens (tertiary/aromatic N) is 1. The zero-order valence-corrected chi connectivity index (χ0v) is 13.2. The molecule has 1 rings (SSSR count). The first-order valence-corrected chi connectivity index (χ1v) is 7.02. The van der Waals surface area contributed by atoms with Crippen molar-refractivity contribution in [2.45, 2.75) is 46.3 Å². The summed E-state index contributed by atoms with van der Waals surface area (Å²) in [4.78, 5) is 25.1. The van der Waals surface area contributed by atoms with Crippen molar-refractivity contribution in [1.82, 2.24) is 4.90 Å². The number of carbonyl (C=O) groups excluding carboxylic acids is 1. The van der Waals surface area contributed by atoms with Crippen molar-refractivity contribution in [3.63, 3.8) is 0 Å². The second-order valence-electron chi connectivity index (χ2n) is 5.60. The standard InChI is InChI=1S/C16H23NO4/c1-6-17(16(4,5)15(19)20)14(18)12-7-9-13(10-8-12)21-11(2)3/h7-11H,6H2,1-5H3,(H,19,20). The van der Waals surface area contributed by atoms with E-state index in [1.165, 1.54) is 18.7 Å². The minimum Gasteiger partial charge on any atom is -0.491 e. The van der Waals surface area contributed by atoms with Gasteiger partial charge in [0.05, 0.1) is 6.10 Å². The summed E-state index contributed by atoms with van der Waals surface area (Å²) < 4.78 is 5.52. The Morgan fingerprint density at radius 3 is 2.14 bits per heavy atom. The van der Waals surface area contributed by atoms with Crippen LogP contribution in [0.25, 0.3) is 0 Å². The number of benzene rings is 1. The van der Waals surface area contributed by atoms with Gasteiger partial charge in [-0.3, -0.25) is 4.79 Å². The normalized spacial score (nSPS) is 11.3. The summed E-state index contributed by atoms with van der Waals surface area (Å²) in [6.45, 7) is 8.97. The molecular formula is C16H23NO4. The summed E-state index contributed by atoms with van der Waals surface area (Å²) in [6.07, 6.45) is 0.0598. The number of carboxylic acids is 1. The second kappa shape index (κ2) is 6.61. The smallest absolute Gasteiger partial charge is 0.329 e. The first-order valence-electron chi connectivity index (χ1n) is 7.02. The molecule has 0 aliphatic heterocycles. The van der Waals surface area contributed by atoms with Crippen LogP contribution in [-0.2, 0) is 4.79 Å². The second-order valence-corrected chi connectivity index (χ2v) is 5.60. The number of hydrogen-bond donors (Lipinski definition) is 1. The molecule has 0 saturated heterocycles. The van der Waals surface area contributed by atoms with Crippen molar-refractivity contribution in [2.75, 3.05) is 6.54 Å². The SMILES string of the molecule is CCN(C(=O)c1ccc(OC(C)C)cc1)C(C)(C)C(=O)O. The molecule has 1 amide bonds. The number of carboxylic acid groups (broad SMARTS) is 1. The largest absolute Gasteiger partial charge is 0.491 e. The molecular weight excluding hydrogens is 270 g/mol. The Hall–Kier alpha value is -2.04. The molecule has 5 heteroatoms. The number of amides is 1. The van der Waals surface area contributed by atoms with Gasteiger partial charge in [0.25, 0.3) is 5.91 Å². The van der Waals surface area contributed by atoms with Crippen LogP contribution in [0.5, 0.6) is 5.75 Å². The van der Waals surface area contributed by atoms with E-state index >= 15 is 0 Å². The van der Waals surface area contributed by atoms with Gasteiger partial charge >= 0.3 is 5.97 Å². The summed E-state index contributed by atoms with van der Waals surface area (Å²) in [5, 5.41) is 9.27. The molecule has 0 radical (unpaired) electrons. The predicted molar refractivity (Wildman–Crippen MR) is 80.6 cm³/mol. The van der Waals surface area contributed by atoms with E-state index < -0.39 is 11.5 Å². The topological polar surface area (TPSA) is 66.8 Å². The number of carbonyl (C=O) groups is 2. The van der Waals surface area contributed by atoms with Gasteiger partial charge in [-0.2, -0.15) is 0 Å². The number of rotatable bonds is 6. The molecule has 0 heterocycles. The molecule has 0 bridgehead atoms. The average Bonchev–Trinajstić information content (AvgIpc) is 2.39. The maximum Gasteiger partial charge on any atom is 0.329 e. The first kappa shape index (κ1) is 17.0. The number of hydrogen-bond acceptors (Lipinski definition) is 3. The molecule has 0 fully saturated rings. The van der Waals surface area contributed by atoms with Gasteiger partial charge in [0.2, 0.25) is 0 Å². The third kappa shape index (κ3) is 3.97. The van der Waals surface area contributed by atoms with Crippen molar-refractivity contribution in [2.24, 2.45) is 0 Å². The van der Waals surface area contributed by atoms with E-state index in [1.54, 1.807) is 31.2 Å². The van der Waals surface area contributed by atoms with E-state index in [1.807, 2.05) is 13.8 Å². The number of likely N-dealkylation sites (N-methyl/N-ethyl adjacent to an activating group) is 1. The highest BCUT2D eigenvalue weighted by Crippen LogP contribution is 2.20. The third-order valence-corrected chi connectivity index (χ3v) is 3.23. The van der Waals surface area contributed by atoms with Gasteiger partial charge in [-0.25, -0.2) is 4.79 Å². The molecule has 0 aliphatic carbocycles. The molecule has 5 nitrogen and oxygen atoms in total. The lowest BCUT2D eigenvalue weighted by Gasteiger charge is -2.34. The van der Waals surface area contributed by atoms with E-state index in [4.69, 9.17) is 4.74 Å². The van der Waals surface area contributed by atoms with E-state index in [9.17, 15) is 14.7 Å². The quantitative estimate of drug-likeness (QED) is 0.875. The van der Waals surface area contributed by atoms with E-state index in [2.05, 4.69) is 0 Å². The van der Waals surface area contributed by atoms with Gasteiger partial charge in [0.15, 0.2) is 0 Å². The van der Waals surface area contributed by atoms with Gasteiger partial charge in [-0.1, -0.05) is 0 Å². The fourth-order valence-electron chi connectivity index (χ4n) is 2.01. The summed E-state index contributed by atoms with van der Waals surface area (Å²) in [5.41, 5.74) is -0.804. The Morgan fingerprint density at radius 2 is 1.76 bits per heavy atom. The van der Waals surface area contributed by atoms with Crippen molar-refractivity contribution in [3.05, 3.63) is 29.8 Å². The molecule has 1 aromatic carbocycles. The fraction of sp³-hybridized carbons (Fsp3) is 0.500. The van der Waals surface area contributed by atoms with E-state index in [-0.39, 0.29) is 12.0 Å². The van der Waals surface area contributed by atoms with Gasteiger partial charge in [-0.05, 0) is 58.9 Å². The van der Waals surface area contributed by atoms with Crippen LogP contribution in [0.15, 0.2) is 24.3 Å². The molecule has 1 aromatic rings. The molecule has 1 N–H and O–H groups in total. The van der Waals surface area contributed by atoms with Crippen molar-refractivity contribution < 1.29 is 19.4 Å². The van der Waals surface area contributed by atoms with Crippen LogP contribution in [-0.4, -0.2) is 40.1 Å². The summed E-state index contributed by atoms with van der Waals surface area (Å²) in [5.74, 6) is -0.652. The molecule has 21 heavy (non-hydrogen) atoms. The minimum atomic E-state index is -1.25. The van der Waals surface area contributed by atoms with Crippen molar-refractivity contribution in [1.29, 1.82) is 0 Å². The number of ether oxygens (including phenoxy) is 1. The lowest BCUT2D eigenvalue weighted by molar-refractivity contribution is -0.147. The zero-order chi connectivity index (χ0) is 16.2. The highest BCUT2D eigenvalue weighted by molar-refractivity contribution is 5.97. The third-order valence-electron chi connectivity index (χ3n) is 3.23. The average molecular weight is 293 g/mol. The van der Waals surface area contributed by atoms with Crippen LogP contribution >= 0.6 is 0 Å². The van der Waals surface area contributed by atoms with Crippen LogP contribution in [0, 0.1) is 0 Å². The molecule has 0 atom stereocenters. The van der Waals surface area contributed by atoms with Crippen LogP contribution in [0.2, 0.25) is 0 Å². The Balaban J connectivity index is 2.98. The minimum absolute atomic E-state index is 0.0598. The number of aliphatic carboxylic acids is 1. The maximum atomic E-state index is 12.5. The van der Waals surface area contributed by atoms with E-state index in [0.717, 1.165) is 0 Å². The van der Waals surface area contributed by atoms with Crippen molar-refractivity contribution >= 4 is 11.9 Å². The summed E-state index contributed by atoms with van der Waals surface area (Å²) in [6, 6.07) is 6.74. The van der Waals surface area contributed by atoms with Gasteiger partial charge in [0, 0.05) is 12.1 Å². The highest BCUT2D eigenvalue weighted by Gasteiger charge is 2.37. The first-order chi connectivity index (χ1) is 9.70. The maximum absolute atomic E-state index is 12.5. The lowest BCUT2D eigenvalue weighted by Crippen LogP contribution is -2.52. The Kier molecular flexibility index (Phi) is 5.35. The molecule has 0 spiro atoms. The molecule has 116 valence electrons. The van der Waals surface area contributed by atoms with Crippen molar-refractivity contribution in [3.8, 4) is 5.75 Å². The fourth-order valence-corrected chi connectivity index (χ4v) is 2.01. The van der Waals surface area contributed by atoms with Gasteiger partial charge in [-0.15, -0.1) is 0 Å². The van der Waals surface area contributed by atoms with Crippen LogP contribution in [0.1, 0.15) is 45.0 Å². The Morgan fingerprint density at radius 1 is 1.24 bits per heavy atom. The Bertz CT molecular complexity index is 506. The lowest BCUT2D eigenvalue weighted by atomic mass is 10.0. The highest BCUT2D eigenvalue weighted by atomic mass is 16.5. The summed E-state index contributed by atoms with van der Waals surface area (Å²) in [7, 11) is 0. The van der Waals surface area contributed by atoms with E-state index in [0.29, 0.717) is 17.9 Å². The molecule has 0 unspecified atom stereocenters. The predicted octanol–water partition coefficient (Wildman–Crippen LogP) is 2.80. The van der Waals surface area contributed by atoms with Crippen LogP contribution < -0.4 is 4.74 Å². The monoisotopic (exact) mass is 293 g/mol.